The number of aromatic nitrogens is 3. The molecule has 0 radical (unpaired) electrons. The van der Waals surface area contributed by atoms with Crippen molar-refractivity contribution in [3.8, 4) is 0 Å². The molecule has 0 aliphatic rings. The van der Waals surface area contributed by atoms with Crippen molar-refractivity contribution in [3.63, 3.8) is 0 Å². The summed E-state index contributed by atoms with van der Waals surface area (Å²) in [6.07, 6.45) is 0.0542. The van der Waals surface area contributed by atoms with Crippen LogP contribution in [-0.4, -0.2) is 32.3 Å². The highest BCUT2D eigenvalue weighted by atomic mass is 35.5. The van der Waals surface area contributed by atoms with E-state index in [1.54, 1.807) is 11.6 Å². The first-order valence-electron chi connectivity index (χ1n) is 8.95. The van der Waals surface area contributed by atoms with E-state index in [9.17, 15) is 14.0 Å². The topological polar surface area (TPSA) is 88.9 Å². The molecule has 0 spiro atoms. The van der Waals surface area contributed by atoms with E-state index in [1.165, 1.54) is 30.0 Å². The Morgan fingerprint density at radius 3 is 2.63 bits per heavy atom. The number of thioether (sulfide) groups is 1. The van der Waals surface area contributed by atoms with Gasteiger partial charge in [-0.15, -0.1) is 10.2 Å². The number of anilines is 2. The number of nitrogens with zero attached hydrogens (tertiary/aromatic N) is 3. The minimum atomic E-state index is -0.554. The summed E-state index contributed by atoms with van der Waals surface area (Å²) >= 11 is 6.88. The Balaban J connectivity index is 1.54. The van der Waals surface area contributed by atoms with Gasteiger partial charge in [-0.25, -0.2) is 4.39 Å². The zero-order valence-corrected chi connectivity index (χ0v) is 17.9. The maximum atomic E-state index is 13.2. The van der Waals surface area contributed by atoms with Crippen LogP contribution in [0.15, 0.2) is 47.6 Å². The summed E-state index contributed by atoms with van der Waals surface area (Å²) in [5, 5.41) is 14.0. The highest BCUT2D eigenvalue weighted by molar-refractivity contribution is 7.99. The van der Waals surface area contributed by atoms with Gasteiger partial charge in [0.1, 0.15) is 11.6 Å². The van der Waals surface area contributed by atoms with Crippen LogP contribution in [0.25, 0.3) is 0 Å². The van der Waals surface area contributed by atoms with Gasteiger partial charge in [-0.1, -0.05) is 41.6 Å². The van der Waals surface area contributed by atoms with Gasteiger partial charge >= 0.3 is 0 Å². The largest absolute Gasteiger partial charge is 0.325 e. The zero-order valence-electron chi connectivity index (χ0n) is 16.3. The number of aryl methyl sites for hydroxylation is 1. The van der Waals surface area contributed by atoms with Crippen LogP contribution in [0.3, 0.4) is 0 Å². The molecule has 0 fully saturated rings. The molecule has 0 aliphatic heterocycles. The number of hydrogen-bond acceptors (Lipinski definition) is 5. The van der Waals surface area contributed by atoms with Gasteiger partial charge in [-0.3, -0.25) is 9.59 Å². The molecule has 3 rings (SSSR count). The molecule has 2 N–H and O–H groups in total. The molecule has 3 aromatic rings. The van der Waals surface area contributed by atoms with Crippen molar-refractivity contribution in [2.75, 3.05) is 16.4 Å². The molecule has 2 amide bonds. The molecule has 1 aromatic heterocycles. The summed E-state index contributed by atoms with van der Waals surface area (Å²) in [6.45, 7) is 1.91. The first-order valence-corrected chi connectivity index (χ1v) is 10.3. The van der Waals surface area contributed by atoms with Crippen LogP contribution in [0.1, 0.15) is 11.4 Å². The van der Waals surface area contributed by atoms with Gasteiger partial charge in [0.15, 0.2) is 5.16 Å². The molecule has 0 saturated heterocycles. The Morgan fingerprint density at radius 1 is 1.13 bits per heavy atom. The molecular formula is C20H19ClFN5O2S. The summed E-state index contributed by atoms with van der Waals surface area (Å²) < 4.78 is 14.9. The number of halogens is 2. The lowest BCUT2D eigenvalue weighted by Crippen LogP contribution is -2.17. The second-order valence-electron chi connectivity index (χ2n) is 6.46. The lowest BCUT2D eigenvalue weighted by molar-refractivity contribution is -0.116. The summed E-state index contributed by atoms with van der Waals surface area (Å²) in [5.41, 5.74) is 2.11. The van der Waals surface area contributed by atoms with E-state index in [0.717, 1.165) is 11.3 Å². The number of carbonyl (C=O) groups is 2. The van der Waals surface area contributed by atoms with E-state index in [1.807, 2.05) is 31.2 Å². The molecule has 2 aromatic carbocycles. The first-order chi connectivity index (χ1) is 14.3. The number of rotatable bonds is 7. The van der Waals surface area contributed by atoms with Crippen LogP contribution in [-0.2, 0) is 23.1 Å². The Hall–Kier alpha value is -2.91. The van der Waals surface area contributed by atoms with Crippen LogP contribution in [0.5, 0.6) is 0 Å². The number of carbonyl (C=O) groups excluding carboxylic acids is 2. The van der Waals surface area contributed by atoms with Gasteiger partial charge in [0.05, 0.1) is 17.2 Å². The van der Waals surface area contributed by atoms with Crippen molar-refractivity contribution in [1.82, 2.24) is 14.8 Å². The van der Waals surface area contributed by atoms with Crippen LogP contribution in [0, 0.1) is 12.7 Å². The summed E-state index contributed by atoms with van der Waals surface area (Å²) in [5.74, 6) is -0.514. The van der Waals surface area contributed by atoms with Crippen LogP contribution in [0.2, 0.25) is 5.02 Å². The van der Waals surface area contributed by atoms with Gasteiger partial charge in [0, 0.05) is 18.4 Å². The predicted molar refractivity (Wildman–Crippen MR) is 115 cm³/mol. The Morgan fingerprint density at radius 2 is 1.90 bits per heavy atom. The third-order valence-corrected chi connectivity index (χ3v) is 5.51. The molecule has 0 saturated carbocycles. The maximum absolute atomic E-state index is 13.2. The summed E-state index contributed by atoms with van der Waals surface area (Å²) in [4.78, 5) is 24.4. The van der Waals surface area contributed by atoms with Crippen molar-refractivity contribution in [3.05, 3.63) is 64.7 Å². The van der Waals surface area contributed by atoms with Gasteiger partial charge in [-0.05, 0) is 36.8 Å². The predicted octanol–water partition coefficient (Wildman–Crippen LogP) is 3.83. The molecule has 156 valence electrons. The maximum Gasteiger partial charge on any atom is 0.234 e. The lowest BCUT2D eigenvalue weighted by Gasteiger charge is -2.08. The van der Waals surface area contributed by atoms with E-state index in [0.29, 0.717) is 16.7 Å². The fourth-order valence-electron chi connectivity index (χ4n) is 2.58. The number of nitrogens with one attached hydrogen (secondary N) is 2. The molecule has 30 heavy (non-hydrogen) atoms. The summed E-state index contributed by atoms with van der Waals surface area (Å²) in [6, 6.07) is 11.4. The van der Waals surface area contributed by atoms with Crippen molar-refractivity contribution in [2.45, 2.75) is 18.5 Å². The zero-order chi connectivity index (χ0) is 21.7. The molecule has 0 unspecified atom stereocenters. The average Bonchev–Trinajstić information content (AvgIpc) is 3.04. The normalized spacial score (nSPS) is 10.7. The Kier molecular flexibility index (Phi) is 7.07. The van der Waals surface area contributed by atoms with Gasteiger partial charge < -0.3 is 15.2 Å². The van der Waals surface area contributed by atoms with Gasteiger partial charge in [0.25, 0.3) is 0 Å². The standard InChI is InChI=1S/C20H19ClFN5O2S/c1-12-5-3-4-6-16(12)24-18(28)10-17-25-26-20(27(17)2)30-11-19(29)23-13-7-8-15(22)14(21)9-13/h3-9H,10-11H2,1-2H3,(H,23,29)(H,24,28). The number of amides is 2. The highest BCUT2D eigenvalue weighted by Crippen LogP contribution is 2.21. The van der Waals surface area contributed by atoms with Crippen LogP contribution >= 0.6 is 23.4 Å². The average molecular weight is 448 g/mol. The molecule has 1 heterocycles. The smallest absolute Gasteiger partial charge is 0.234 e. The second-order valence-corrected chi connectivity index (χ2v) is 7.81. The second kappa shape index (κ2) is 9.73. The fourth-order valence-corrected chi connectivity index (χ4v) is 3.49. The first kappa shape index (κ1) is 21.8. The summed E-state index contributed by atoms with van der Waals surface area (Å²) in [7, 11) is 1.73. The SMILES string of the molecule is Cc1ccccc1NC(=O)Cc1nnc(SCC(=O)Nc2ccc(F)c(Cl)c2)n1C. The molecule has 10 heteroatoms. The molecule has 0 aliphatic carbocycles. The minimum absolute atomic E-state index is 0.0542. The van der Waals surface area contributed by atoms with E-state index in [-0.39, 0.29) is 29.0 Å². The molecule has 0 bridgehead atoms. The van der Waals surface area contributed by atoms with Crippen molar-refractivity contribution >= 4 is 46.6 Å². The van der Waals surface area contributed by atoms with E-state index < -0.39 is 5.82 Å². The van der Waals surface area contributed by atoms with E-state index in [2.05, 4.69) is 20.8 Å². The number of benzene rings is 2. The van der Waals surface area contributed by atoms with Crippen LogP contribution in [0.4, 0.5) is 15.8 Å². The third-order valence-electron chi connectivity index (χ3n) is 4.20. The lowest BCUT2D eigenvalue weighted by atomic mass is 10.2. The third kappa shape index (κ3) is 5.58. The van der Waals surface area contributed by atoms with E-state index in [4.69, 9.17) is 11.6 Å². The van der Waals surface area contributed by atoms with Crippen molar-refractivity contribution in [2.24, 2.45) is 7.05 Å². The quantitative estimate of drug-likeness (QED) is 0.537. The fraction of sp³-hybridized carbons (Fsp3) is 0.200. The number of para-hydroxylation sites is 1. The highest BCUT2D eigenvalue weighted by Gasteiger charge is 2.15. The van der Waals surface area contributed by atoms with E-state index >= 15 is 0 Å². The molecule has 7 nitrogen and oxygen atoms in total. The molecule has 0 atom stereocenters. The molecular weight excluding hydrogens is 429 g/mol. The number of hydrogen-bond donors (Lipinski definition) is 2. The van der Waals surface area contributed by atoms with Gasteiger partial charge in [-0.2, -0.15) is 0 Å². The van der Waals surface area contributed by atoms with Crippen LogP contribution < -0.4 is 10.6 Å². The van der Waals surface area contributed by atoms with Gasteiger partial charge in [0.2, 0.25) is 11.8 Å². The van der Waals surface area contributed by atoms with Crippen molar-refractivity contribution < 1.29 is 14.0 Å². The minimum Gasteiger partial charge on any atom is -0.325 e. The monoisotopic (exact) mass is 447 g/mol. The van der Waals surface area contributed by atoms with Crippen molar-refractivity contribution in [1.29, 1.82) is 0 Å². The Bertz CT molecular complexity index is 1090. The Labute approximate surface area is 182 Å².